The molecule has 7 aromatic rings. The molecular formula is C33H27N2S+. The molecule has 0 aliphatic rings. The van der Waals surface area contributed by atoms with Crippen molar-refractivity contribution < 1.29 is 4.57 Å². The van der Waals surface area contributed by atoms with Crippen LogP contribution in [0, 0.1) is 20.8 Å². The number of aromatic nitrogens is 2. The molecule has 3 heteroatoms. The Morgan fingerprint density at radius 3 is 2.14 bits per heavy atom. The zero-order valence-electron chi connectivity index (χ0n) is 21.0. The van der Waals surface area contributed by atoms with Gasteiger partial charge in [-0.3, -0.25) is 0 Å². The van der Waals surface area contributed by atoms with Crippen LogP contribution in [-0.4, -0.2) is 4.57 Å². The van der Waals surface area contributed by atoms with Crippen LogP contribution in [0.5, 0.6) is 0 Å². The van der Waals surface area contributed by atoms with Crippen molar-refractivity contribution in [1.29, 1.82) is 0 Å². The van der Waals surface area contributed by atoms with Gasteiger partial charge in [0, 0.05) is 32.3 Å². The first kappa shape index (κ1) is 21.3. The first-order chi connectivity index (χ1) is 17.5. The number of para-hydroxylation sites is 2. The summed E-state index contributed by atoms with van der Waals surface area (Å²) in [5.41, 5.74) is 10.4. The topological polar surface area (TPSA) is 8.81 Å². The molecule has 4 aromatic carbocycles. The molecule has 2 nitrogen and oxygen atoms in total. The van der Waals surface area contributed by atoms with E-state index in [0.29, 0.717) is 0 Å². The number of thiophene rings is 1. The Bertz CT molecular complexity index is 1930. The average Bonchev–Trinajstić information content (AvgIpc) is 3.42. The molecule has 7 rings (SSSR count). The lowest BCUT2D eigenvalue weighted by Gasteiger charge is -2.11. The van der Waals surface area contributed by atoms with E-state index in [1.807, 2.05) is 11.3 Å². The van der Waals surface area contributed by atoms with Gasteiger partial charge in [-0.1, -0.05) is 54.1 Å². The summed E-state index contributed by atoms with van der Waals surface area (Å²) < 4.78 is 7.41. The van der Waals surface area contributed by atoms with Crippen molar-refractivity contribution >= 4 is 53.3 Å². The first-order valence-corrected chi connectivity index (χ1v) is 13.3. The Morgan fingerprint density at radius 2 is 1.42 bits per heavy atom. The Kier molecular flexibility index (Phi) is 4.61. The highest BCUT2D eigenvalue weighted by Crippen LogP contribution is 2.43. The third-order valence-corrected chi connectivity index (χ3v) is 8.83. The summed E-state index contributed by atoms with van der Waals surface area (Å²) in [5.74, 6) is 0. The number of hydrogen-bond acceptors (Lipinski definition) is 1. The summed E-state index contributed by atoms with van der Waals surface area (Å²) in [4.78, 5) is 0. The largest absolute Gasteiger partial charge is 0.309 e. The molecule has 0 fully saturated rings. The maximum Gasteiger partial charge on any atom is 0.230 e. The number of benzene rings is 4. The highest BCUT2D eigenvalue weighted by atomic mass is 32.1. The minimum absolute atomic E-state index is 1.24. The Labute approximate surface area is 214 Å². The van der Waals surface area contributed by atoms with Crippen molar-refractivity contribution in [2.24, 2.45) is 7.05 Å². The molecule has 3 heterocycles. The molecule has 0 aliphatic carbocycles. The highest BCUT2D eigenvalue weighted by molar-refractivity contribution is 7.26. The highest BCUT2D eigenvalue weighted by Gasteiger charge is 2.23. The van der Waals surface area contributed by atoms with E-state index in [0.717, 1.165) is 0 Å². The van der Waals surface area contributed by atoms with Crippen molar-refractivity contribution in [2.45, 2.75) is 20.8 Å². The van der Waals surface area contributed by atoms with Gasteiger partial charge in [-0.15, -0.1) is 11.3 Å². The van der Waals surface area contributed by atoms with E-state index in [-0.39, 0.29) is 0 Å². The molecule has 36 heavy (non-hydrogen) atoms. The molecular weight excluding hydrogens is 456 g/mol. The van der Waals surface area contributed by atoms with Crippen LogP contribution in [0.1, 0.15) is 16.7 Å². The van der Waals surface area contributed by atoms with Gasteiger partial charge in [0.2, 0.25) is 5.69 Å². The molecule has 3 aromatic heterocycles. The van der Waals surface area contributed by atoms with Gasteiger partial charge in [0.15, 0.2) is 6.20 Å². The maximum atomic E-state index is 2.45. The van der Waals surface area contributed by atoms with Gasteiger partial charge in [-0.2, -0.15) is 4.57 Å². The van der Waals surface area contributed by atoms with Crippen molar-refractivity contribution in [3.8, 4) is 16.9 Å². The lowest BCUT2D eigenvalue weighted by molar-refractivity contribution is -0.659. The van der Waals surface area contributed by atoms with Gasteiger partial charge in [0.05, 0.1) is 22.3 Å². The fourth-order valence-electron chi connectivity index (χ4n) is 5.88. The Hall–Kier alpha value is -3.95. The van der Waals surface area contributed by atoms with E-state index in [1.165, 1.54) is 75.6 Å². The standard InChI is InChI=1S/C33H27N2S/c1-20-18-21(2)22(3)26(19-20)32-33-25(16-17-34(32)4)31-29(14-9-15-30(31)36-33)35-27-12-7-5-10-23(27)24-11-6-8-13-28(24)35/h5-19H,1-4H3/q+1. The summed E-state index contributed by atoms with van der Waals surface area (Å²) in [7, 11) is 2.17. The van der Waals surface area contributed by atoms with Gasteiger partial charge < -0.3 is 4.57 Å². The monoisotopic (exact) mass is 483 g/mol. The summed E-state index contributed by atoms with van der Waals surface area (Å²) in [5, 5.41) is 5.23. The predicted octanol–water partition coefficient (Wildman–Crippen LogP) is 8.57. The minimum Gasteiger partial charge on any atom is -0.309 e. The van der Waals surface area contributed by atoms with E-state index in [1.54, 1.807) is 0 Å². The number of nitrogens with zero attached hydrogens (tertiary/aromatic N) is 2. The van der Waals surface area contributed by atoms with Crippen LogP contribution < -0.4 is 4.57 Å². The van der Waals surface area contributed by atoms with Crippen molar-refractivity contribution in [3.63, 3.8) is 0 Å². The maximum absolute atomic E-state index is 2.45. The molecule has 0 saturated carbocycles. The van der Waals surface area contributed by atoms with E-state index < -0.39 is 0 Å². The van der Waals surface area contributed by atoms with Gasteiger partial charge in [0.1, 0.15) is 11.7 Å². The van der Waals surface area contributed by atoms with E-state index in [4.69, 9.17) is 0 Å². The zero-order valence-corrected chi connectivity index (χ0v) is 21.8. The van der Waals surface area contributed by atoms with Crippen LogP contribution in [0.25, 0.3) is 58.9 Å². The van der Waals surface area contributed by atoms with Crippen LogP contribution >= 0.6 is 11.3 Å². The minimum atomic E-state index is 1.24. The van der Waals surface area contributed by atoms with Crippen molar-refractivity contribution in [2.75, 3.05) is 0 Å². The number of rotatable bonds is 2. The first-order valence-electron chi connectivity index (χ1n) is 12.4. The van der Waals surface area contributed by atoms with Crippen LogP contribution in [-0.2, 0) is 7.05 Å². The van der Waals surface area contributed by atoms with Crippen molar-refractivity contribution in [1.82, 2.24) is 4.57 Å². The molecule has 0 N–H and O–H groups in total. The fraction of sp³-hybridized carbons (Fsp3) is 0.121. The second-order valence-electron chi connectivity index (χ2n) is 9.89. The second kappa shape index (κ2) is 7.78. The molecule has 174 valence electrons. The molecule has 0 unspecified atom stereocenters. The number of hydrogen-bond donors (Lipinski definition) is 0. The summed E-state index contributed by atoms with van der Waals surface area (Å²) in [6, 6.07) is 31.2. The number of pyridine rings is 1. The summed E-state index contributed by atoms with van der Waals surface area (Å²) in [6.07, 6.45) is 2.23. The van der Waals surface area contributed by atoms with Gasteiger partial charge >= 0.3 is 0 Å². The zero-order chi connectivity index (χ0) is 24.6. The number of fused-ring (bicyclic) bond motifs is 6. The predicted molar refractivity (Wildman–Crippen MR) is 154 cm³/mol. The normalized spacial score (nSPS) is 11.9. The van der Waals surface area contributed by atoms with Crippen molar-refractivity contribution in [3.05, 3.63) is 108 Å². The van der Waals surface area contributed by atoms with Crippen LogP contribution in [0.15, 0.2) is 91.1 Å². The molecule has 0 radical (unpaired) electrons. The third kappa shape index (κ3) is 2.93. The third-order valence-electron chi connectivity index (χ3n) is 7.65. The Balaban J connectivity index is 1.63. The number of aryl methyl sites for hydroxylation is 3. The summed E-state index contributed by atoms with van der Waals surface area (Å²) >= 11 is 1.91. The molecule has 0 spiro atoms. The van der Waals surface area contributed by atoms with Crippen LogP contribution in [0.4, 0.5) is 0 Å². The van der Waals surface area contributed by atoms with Gasteiger partial charge in [-0.25, -0.2) is 0 Å². The quantitative estimate of drug-likeness (QED) is 0.218. The van der Waals surface area contributed by atoms with E-state index >= 15 is 0 Å². The van der Waals surface area contributed by atoms with Gasteiger partial charge in [0.25, 0.3) is 0 Å². The Morgan fingerprint density at radius 1 is 0.722 bits per heavy atom. The van der Waals surface area contributed by atoms with Crippen LogP contribution in [0.3, 0.4) is 0 Å². The van der Waals surface area contributed by atoms with Gasteiger partial charge in [-0.05, 0) is 62.2 Å². The lowest BCUT2D eigenvalue weighted by atomic mass is 9.96. The fourth-order valence-corrected chi connectivity index (χ4v) is 7.19. The molecule has 0 aliphatic heterocycles. The molecule has 0 atom stereocenters. The smallest absolute Gasteiger partial charge is 0.230 e. The summed E-state index contributed by atoms with van der Waals surface area (Å²) in [6.45, 7) is 6.67. The SMILES string of the molecule is Cc1cc(C)c(C)c(-c2c3sc4cccc(-n5c6ccccc6c6ccccc65)c4c3cc[n+]2C)c1. The molecule has 0 saturated heterocycles. The second-order valence-corrected chi connectivity index (χ2v) is 10.9. The van der Waals surface area contributed by atoms with E-state index in [9.17, 15) is 0 Å². The van der Waals surface area contributed by atoms with E-state index in [2.05, 4.69) is 128 Å². The molecule has 0 amide bonds. The molecule has 0 bridgehead atoms. The lowest BCUT2D eigenvalue weighted by Crippen LogP contribution is -2.30. The van der Waals surface area contributed by atoms with Crippen LogP contribution in [0.2, 0.25) is 0 Å². The average molecular weight is 484 g/mol.